The lowest BCUT2D eigenvalue weighted by Gasteiger charge is -2.14. The average molecular weight is 343 g/mol. The molecule has 0 aliphatic rings. The number of nitro benzene ring substituents is 1. The van der Waals surface area contributed by atoms with E-state index in [0.717, 1.165) is 0 Å². The summed E-state index contributed by atoms with van der Waals surface area (Å²) in [5.74, 6) is 0.587. The van der Waals surface area contributed by atoms with Crippen LogP contribution in [0, 0.1) is 10.1 Å². The van der Waals surface area contributed by atoms with Gasteiger partial charge in [-0.3, -0.25) is 14.9 Å². The van der Waals surface area contributed by atoms with Crippen molar-refractivity contribution in [1.29, 1.82) is 0 Å². The van der Waals surface area contributed by atoms with Crippen LogP contribution in [0.2, 0.25) is 0 Å². The van der Waals surface area contributed by atoms with Gasteiger partial charge in [-0.1, -0.05) is 12.1 Å². The highest BCUT2D eigenvalue weighted by Crippen LogP contribution is 2.40. The fourth-order valence-corrected chi connectivity index (χ4v) is 2.35. The zero-order valence-electron chi connectivity index (χ0n) is 14.0. The van der Waals surface area contributed by atoms with Gasteiger partial charge in [-0.25, -0.2) is 0 Å². The molecule has 130 valence electrons. The zero-order chi connectivity index (χ0) is 18.4. The van der Waals surface area contributed by atoms with Crippen molar-refractivity contribution >= 4 is 17.5 Å². The number of rotatable bonds is 7. The Labute approximate surface area is 144 Å². The Bertz CT molecular complexity index is 828. The number of hydrogen-bond donors (Lipinski definition) is 0. The van der Waals surface area contributed by atoms with Crippen molar-refractivity contribution in [2.45, 2.75) is 0 Å². The molecule has 0 N–H and O–H groups in total. The number of carbonyl (C=O) groups excluding carboxylic acids is 1. The van der Waals surface area contributed by atoms with Crippen LogP contribution in [0.1, 0.15) is 15.9 Å². The van der Waals surface area contributed by atoms with Crippen LogP contribution >= 0.6 is 0 Å². The minimum atomic E-state index is -0.499. The summed E-state index contributed by atoms with van der Waals surface area (Å²) in [6.07, 6.45) is 2.66. The van der Waals surface area contributed by atoms with E-state index >= 15 is 0 Å². The van der Waals surface area contributed by atoms with E-state index in [-0.39, 0.29) is 22.8 Å². The Morgan fingerprint density at radius 1 is 1.00 bits per heavy atom. The zero-order valence-corrected chi connectivity index (χ0v) is 14.0. The van der Waals surface area contributed by atoms with Gasteiger partial charge in [0.05, 0.1) is 37.4 Å². The molecular weight excluding hydrogens is 326 g/mol. The fraction of sp³-hybridized carbons (Fsp3) is 0.167. The predicted octanol–water partition coefficient (Wildman–Crippen LogP) is 3.52. The predicted molar refractivity (Wildman–Crippen MR) is 92.6 cm³/mol. The molecular formula is C18H17NO6. The third-order valence-electron chi connectivity index (χ3n) is 3.52. The number of carbonyl (C=O) groups is 1. The topological polar surface area (TPSA) is 87.9 Å². The van der Waals surface area contributed by atoms with E-state index in [1.165, 1.54) is 39.5 Å². The van der Waals surface area contributed by atoms with E-state index in [1.807, 2.05) is 0 Å². The fourth-order valence-electron chi connectivity index (χ4n) is 2.35. The molecule has 25 heavy (non-hydrogen) atoms. The Hall–Kier alpha value is -3.35. The number of benzene rings is 2. The van der Waals surface area contributed by atoms with Gasteiger partial charge >= 0.3 is 0 Å². The summed E-state index contributed by atoms with van der Waals surface area (Å²) in [4.78, 5) is 23.0. The number of ketones is 1. The van der Waals surface area contributed by atoms with Gasteiger partial charge in [0.25, 0.3) is 5.69 Å². The maximum atomic E-state index is 12.5. The molecule has 0 unspecified atom stereocenters. The number of ether oxygens (including phenoxy) is 3. The standard InChI is InChI=1S/C18H17NO6/c1-23-16-11-9-13(17(24-2)18(16)25-3)15(20)10-8-12-6-4-5-7-14(12)19(21)22/h4-11H,1-3H3/b10-8+. The lowest BCUT2D eigenvalue weighted by molar-refractivity contribution is -0.385. The maximum Gasteiger partial charge on any atom is 0.276 e. The monoisotopic (exact) mass is 343 g/mol. The third-order valence-corrected chi connectivity index (χ3v) is 3.52. The summed E-state index contributed by atoms with van der Waals surface area (Å²) in [5.41, 5.74) is 0.515. The summed E-state index contributed by atoms with van der Waals surface area (Å²) < 4.78 is 15.7. The first-order valence-electron chi connectivity index (χ1n) is 7.28. The molecule has 0 aliphatic carbocycles. The number of nitro groups is 1. The van der Waals surface area contributed by atoms with Gasteiger partial charge < -0.3 is 14.2 Å². The van der Waals surface area contributed by atoms with Crippen molar-refractivity contribution in [3.05, 3.63) is 63.7 Å². The number of para-hydroxylation sites is 1. The smallest absolute Gasteiger partial charge is 0.276 e. The van der Waals surface area contributed by atoms with E-state index in [2.05, 4.69) is 0 Å². The SMILES string of the molecule is COc1ccc(C(=O)/C=C/c2ccccc2[N+](=O)[O-])c(OC)c1OC. The summed E-state index contributed by atoms with van der Waals surface area (Å²) in [7, 11) is 4.34. The van der Waals surface area contributed by atoms with Gasteiger partial charge in [-0.05, 0) is 30.4 Å². The maximum absolute atomic E-state index is 12.5. The largest absolute Gasteiger partial charge is 0.493 e. The van der Waals surface area contributed by atoms with Crippen molar-refractivity contribution in [3.8, 4) is 17.2 Å². The normalized spacial score (nSPS) is 10.5. The number of allylic oxidation sites excluding steroid dienone is 1. The van der Waals surface area contributed by atoms with Crippen LogP contribution in [0.15, 0.2) is 42.5 Å². The summed E-state index contributed by atoms with van der Waals surface area (Å²) in [5, 5.41) is 11.0. The molecule has 0 bridgehead atoms. The first kappa shape index (κ1) is 18.0. The van der Waals surface area contributed by atoms with Gasteiger partial charge in [-0.15, -0.1) is 0 Å². The lowest BCUT2D eigenvalue weighted by atomic mass is 10.1. The highest BCUT2D eigenvalue weighted by molar-refractivity contribution is 6.09. The van der Waals surface area contributed by atoms with Crippen LogP contribution in [-0.4, -0.2) is 32.0 Å². The van der Waals surface area contributed by atoms with Crippen molar-refractivity contribution in [1.82, 2.24) is 0 Å². The van der Waals surface area contributed by atoms with E-state index in [9.17, 15) is 14.9 Å². The Morgan fingerprint density at radius 3 is 2.28 bits per heavy atom. The Kier molecular flexibility index (Phi) is 5.73. The van der Waals surface area contributed by atoms with Crippen LogP contribution in [0.4, 0.5) is 5.69 Å². The second kappa shape index (κ2) is 7.96. The molecule has 0 aromatic heterocycles. The van der Waals surface area contributed by atoms with Crippen molar-refractivity contribution in [2.24, 2.45) is 0 Å². The van der Waals surface area contributed by atoms with Crippen molar-refractivity contribution in [3.63, 3.8) is 0 Å². The number of methoxy groups -OCH3 is 3. The molecule has 0 heterocycles. The highest BCUT2D eigenvalue weighted by atomic mass is 16.6. The third kappa shape index (κ3) is 3.77. The first-order chi connectivity index (χ1) is 12.0. The molecule has 0 atom stereocenters. The lowest BCUT2D eigenvalue weighted by Crippen LogP contribution is -2.03. The summed E-state index contributed by atoms with van der Waals surface area (Å²) in [6.45, 7) is 0. The second-order valence-corrected chi connectivity index (χ2v) is 4.90. The first-order valence-corrected chi connectivity index (χ1v) is 7.28. The Balaban J connectivity index is 2.41. The van der Waals surface area contributed by atoms with Gasteiger partial charge in [-0.2, -0.15) is 0 Å². The summed E-state index contributed by atoms with van der Waals surface area (Å²) >= 11 is 0. The molecule has 0 saturated carbocycles. The van der Waals surface area contributed by atoms with Gasteiger partial charge in [0, 0.05) is 6.07 Å². The van der Waals surface area contributed by atoms with Gasteiger partial charge in [0.15, 0.2) is 17.3 Å². The van der Waals surface area contributed by atoms with Crippen LogP contribution < -0.4 is 14.2 Å². The molecule has 2 aromatic carbocycles. The van der Waals surface area contributed by atoms with E-state index in [1.54, 1.807) is 30.3 Å². The number of hydrogen-bond acceptors (Lipinski definition) is 6. The molecule has 7 heteroatoms. The molecule has 0 aliphatic heterocycles. The van der Waals surface area contributed by atoms with Crippen LogP contribution in [-0.2, 0) is 0 Å². The average Bonchev–Trinajstić information content (AvgIpc) is 2.64. The molecule has 7 nitrogen and oxygen atoms in total. The van der Waals surface area contributed by atoms with Crippen molar-refractivity contribution in [2.75, 3.05) is 21.3 Å². The molecule has 0 saturated heterocycles. The Morgan fingerprint density at radius 2 is 1.68 bits per heavy atom. The minimum absolute atomic E-state index is 0.0779. The van der Waals surface area contributed by atoms with Gasteiger partial charge in [0.1, 0.15) is 0 Å². The van der Waals surface area contributed by atoms with Crippen LogP contribution in [0.25, 0.3) is 6.08 Å². The molecule has 0 spiro atoms. The minimum Gasteiger partial charge on any atom is -0.493 e. The molecule has 0 amide bonds. The molecule has 0 radical (unpaired) electrons. The molecule has 0 fully saturated rings. The van der Waals surface area contributed by atoms with E-state index < -0.39 is 4.92 Å². The number of nitrogens with zero attached hydrogens (tertiary/aromatic N) is 1. The van der Waals surface area contributed by atoms with Gasteiger partial charge in [0.2, 0.25) is 5.75 Å². The van der Waals surface area contributed by atoms with E-state index in [4.69, 9.17) is 14.2 Å². The molecule has 2 aromatic rings. The van der Waals surface area contributed by atoms with Crippen LogP contribution in [0.5, 0.6) is 17.2 Å². The molecule has 2 rings (SSSR count). The van der Waals surface area contributed by atoms with E-state index in [0.29, 0.717) is 17.1 Å². The van der Waals surface area contributed by atoms with Crippen molar-refractivity contribution < 1.29 is 23.9 Å². The quantitative estimate of drug-likeness (QED) is 0.331. The highest BCUT2D eigenvalue weighted by Gasteiger charge is 2.19. The second-order valence-electron chi connectivity index (χ2n) is 4.90. The summed E-state index contributed by atoms with van der Waals surface area (Å²) in [6, 6.07) is 9.30. The van der Waals surface area contributed by atoms with Crippen LogP contribution in [0.3, 0.4) is 0 Å².